The van der Waals surface area contributed by atoms with Gasteiger partial charge in [0.2, 0.25) is 0 Å². The third-order valence-electron chi connectivity index (χ3n) is 3.30. The van der Waals surface area contributed by atoms with E-state index in [0.29, 0.717) is 5.02 Å². The van der Waals surface area contributed by atoms with Crippen molar-refractivity contribution in [3.63, 3.8) is 0 Å². The smallest absolute Gasteiger partial charge is 0.275 e. The first-order valence-corrected chi connectivity index (χ1v) is 8.39. The Balaban J connectivity index is 1.92. The first kappa shape index (κ1) is 19.0. The number of aromatic nitrogens is 2. The first-order valence-electron chi connectivity index (χ1n) is 7.26. The molecule has 0 saturated heterocycles. The SMILES string of the molecule is O=C(Nc1cc(Oc2ccc(Cl)cc2Cl)cc([N+](=O)[O-])c1)c1[nH]ncc1Cl. The van der Waals surface area contributed by atoms with Gasteiger partial charge in [-0.3, -0.25) is 20.0 Å². The molecule has 0 saturated carbocycles. The molecule has 138 valence electrons. The fourth-order valence-corrected chi connectivity index (χ4v) is 2.75. The van der Waals surface area contributed by atoms with Gasteiger partial charge < -0.3 is 10.1 Å². The number of benzene rings is 2. The summed E-state index contributed by atoms with van der Waals surface area (Å²) in [5.41, 5.74) is -0.144. The van der Waals surface area contributed by atoms with Crippen LogP contribution in [0.5, 0.6) is 11.5 Å². The van der Waals surface area contributed by atoms with Crippen molar-refractivity contribution in [3.05, 3.63) is 73.5 Å². The van der Waals surface area contributed by atoms with Gasteiger partial charge in [0.05, 0.1) is 32.9 Å². The maximum atomic E-state index is 12.2. The molecule has 1 aromatic heterocycles. The van der Waals surface area contributed by atoms with Crippen LogP contribution in [-0.4, -0.2) is 21.0 Å². The van der Waals surface area contributed by atoms with Crippen LogP contribution in [0.1, 0.15) is 10.5 Å². The van der Waals surface area contributed by atoms with Crippen molar-refractivity contribution < 1.29 is 14.5 Å². The van der Waals surface area contributed by atoms with Crippen molar-refractivity contribution in [2.24, 2.45) is 0 Å². The van der Waals surface area contributed by atoms with Gasteiger partial charge in [-0.2, -0.15) is 5.10 Å². The monoisotopic (exact) mass is 426 g/mol. The largest absolute Gasteiger partial charge is 0.455 e. The number of carbonyl (C=O) groups is 1. The molecule has 2 aromatic carbocycles. The highest BCUT2D eigenvalue weighted by Crippen LogP contribution is 2.34. The number of rotatable bonds is 5. The number of H-pyrrole nitrogens is 1. The summed E-state index contributed by atoms with van der Waals surface area (Å²) < 4.78 is 5.60. The Morgan fingerprint density at radius 3 is 2.56 bits per heavy atom. The number of hydrogen-bond acceptors (Lipinski definition) is 5. The van der Waals surface area contributed by atoms with E-state index in [1.54, 1.807) is 6.07 Å². The second kappa shape index (κ2) is 7.83. The molecule has 2 N–H and O–H groups in total. The molecule has 3 rings (SSSR count). The van der Waals surface area contributed by atoms with Crippen molar-refractivity contribution in [3.8, 4) is 11.5 Å². The van der Waals surface area contributed by atoms with Crippen LogP contribution in [0.3, 0.4) is 0 Å². The summed E-state index contributed by atoms with van der Waals surface area (Å²) in [6.45, 7) is 0. The number of nitro groups is 1. The molecule has 3 aromatic rings. The van der Waals surface area contributed by atoms with Crippen molar-refractivity contribution in [1.82, 2.24) is 10.2 Å². The van der Waals surface area contributed by atoms with Crippen LogP contribution in [0.15, 0.2) is 42.6 Å². The lowest BCUT2D eigenvalue weighted by molar-refractivity contribution is -0.384. The highest BCUT2D eigenvalue weighted by atomic mass is 35.5. The summed E-state index contributed by atoms with van der Waals surface area (Å²) in [4.78, 5) is 22.8. The fourth-order valence-electron chi connectivity index (χ4n) is 2.13. The molecule has 8 nitrogen and oxygen atoms in total. The summed E-state index contributed by atoms with van der Waals surface area (Å²) >= 11 is 17.7. The average molecular weight is 428 g/mol. The van der Waals surface area contributed by atoms with E-state index < -0.39 is 10.8 Å². The Kier molecular flexibility index (Phi) is 5.50. The molecule has 0 spiro atoms. The summed E-state index contributed by atoms with van der Waals surface area (Å²) in [6, 6.07) is 8.33. The van der Waals surface area contributed by atoms with Crippen molar-refractivity contribution >= 4 is 52.1 Å². The number of ether oxygens (including phenoxy) is 1. The van der Waals surface area contributed by atoms with Crippen LogP contribution >= 0.6 is 34.8 Å². The Hall–Kier alpha value is -2.81. The second-order valence-electron chi connectivity index (χ2n) is 5.20. The summed E-state index contributed by atoms with van der Waals surface area (Å²) in [5, 5.41) is 20.5. The minimum absolute atomic E-state index is 0.0198. The molecule has 0 unspecified atom stereocenters. The first-order chi connectivity index (χ1) is 12.8. The lowest BCUT2D eigenvalue weighted by Crippen LogP contribution is -2.13. The number of anilines is 1. The predicted octanol–water partition coefficient (Wildman–Crippen LogP) is 5.32. The van der Waals surface area contributed by atoms with Crippen LogP contribution in [0, 0.1) is 10.1 Å². The standard InChI is InChI=1S/C16H9Cl3N4O4/c17-8-1-2-14(12(18)3-8)27-11-5-9(4-10(6-11)23(25)26)21-16(24)15-13(19)7-20-22-15/h1-7H,(H,20,22)(H,21,24). The molecule has 1 heterocycles. The van der Waals surface area contributed by atoms with E-state index >= 15 is 0 Å². The topological polar surface area (TPSA) is 110 Å². The maximum absolute atomic E-state index is 12.2. The number of halogens is 3. The molecule has 11 heteroatoms. The molecule has 0 aliphatic heterocycles. The fraction of sp³-hybridized carbons (Fsp3) is 0. The number of amides is 1. The van der Waals surface area contributed by atoms with E-state index in [1.807, 2.05) is 0 Å². The van der Waals surface area contributed by atoms with Crippen molar-refractivity contribution in [2.45, 2.75) is 0 Å². The van der Waals surface area contributed by atoms with E-state index in [4.69, 9.17) is 39.5 Å². The third-order valence-corrected chi connectivity index (χ3v) is 4.12. The predicted molar refractivity (Wildman–Crippen MR) is 101 cm³/mol. The van der Waals surface area contributed by atoms with Crippen molar-refractivity contribution in [1.29, 1.82) is 0 Å². The average Bonchev–Trinajstić information content (AvgIpc) is 3.03. The molecule has 0 aliphatic carbocycles. The van der Waals surface area contributed by atoms with E-state index in [-0.39, 0.29) is 38.6 Å². The number of hydrogen-bond donors (Lipinski definition) is 2. The molecule has 0 fully saturated rings. The van der Waals surface area contributed by atoms with Gasteiger partial charge >= 0.3 is 0 Å². The molecular formula is C16H9Cl3N4O4. The molecule has 0 radical (unpaired) electrons. The van der Waals surface area contributed by atoms with Gasteiger partial charge in [-0.15, -0.1) is 0 Å². The quantitative estimate of drug-likeness (QED) is 0.423. The highest BCUT2D eigenvalue weighted by Gasteiger charge is 2.17. The van der Waals surface area contributed by atoms with Crippen molar-refractivity contribution in [2.75, 3.05) is 5.32 Å². The van der Waals surface area contributed by atoms with Gasteiger partial charge in [-0.25, -0.2) is 0 Å². The Morgan fingerprint density at radius 1 is 1.15 bits per heavy atom. The summed E-state index contributed by atoms with van der Waals surface area (Å²) in [6.07, 6.45) is 1.26. The summed E-state index contributed by atoms with van der Waals surface area (Å²) in [5.74, 6) is -0.275. The van der Waals surface area contributed by atoms with Crippen LogP contribution in [0.25, 0.3) is 0 Å². The Labute approximate surface area is 167 Å². The van der Waals surface area contributed by atoms with Gasteiger partial charge in [0.15, 0.2) is 0 Å². The van der Waals surface area contributed by atoms with Crippen LogP contribution in [0.4, 0.5) is 11.4 Å². The molecule has 27 heavy (non-hydrogen) atoms. The minimum atomic E-state index is -0.617. The number of nitrogens with one attached hydrogen (secondary N) is 2. The zero-order chi connectivity index (χ0) is 19.6. The van der Waals surface area contributed by atoms with Gasteiger partial charge in [0.25, 0.3) is 11.6 Å². The third kappa shape index (κ3) is 4.48. The number of aromatic amines is 1. The molecular weight excluding hydrogens is 419 g/mol. The number of nitrogens with zero attached hydrogens (tertiary/aromatic N) is 2. The van der Waals surface area contributed by atoms with Crippen LogP contribution in [-0.2, 0) is 0 Å². The van der Waals surface area contributed by atoms with Gasteiger partial charge in [0.1, 0.15) is 17.2 Å². The summed E-state index contributed by atoms with van der Waals surface area (Å²) in [7, 11) is 0. The molecule has 0 aliphatic rings. The van der Waals surface area contributed by atoms with E-state index in [0.717, 1.165) is 0 Å². The lowest BCUT2D eigenvalue weighted by Gasteiger charge is -2.10. The van der Waals surface area contributed by atoms with E-state index in [2.05, 4.69) is 15.5 Å². The lowest BCUT2D eigenvalue weighted by atomic mass is 10.2. The van der Waals surface area contributed by atoms with E-state index in [9.17, 15) is 14.9 Å². The molecule has 1 amide bonds. The molecule has 0 atom stereocenters. The Morgan fingerprint density at radius 2 is 1.93 bits per heavy atom. The van der Waals surface area contributed by atoms with E-state index in [1.165, 1.54) is 36.5 Å². The number of nitro benzene ring substituents is 1. The maximum Gasteiger partial charge on any atom is 0.275 e. The highest BCUT2D eigenvalue weighted by molar-refractivity contribution is 6.35. The van der Waals surface area contributed by atoms with Crippen LogP contribution in [0.2, 0.25) is 15.1 Å². The van der Waals surface area contributed by atoms with Crippen LogP contribution < -0.4 is 10.1 Å². The Bertz CT molecular complexity index is 1040. The second-order valence-corrected chi connectivity index (χ2v) is 6.45. The normalized spacial score (nSPS) is 10.5. The molecule has 0 bridgehead atoms. The minimum Gasteiger partial charge on any atom is -0.455 e. The van der Waals surface area contributed by atoms with Gasteiger partial charge in [-0.1, -0.05) is 34.8 Å². The number of non-ortho nitro benzene ring substituents is 1. The van der Waals surface area contributed by atoms with Gasteiger partial charge in [0, 0.05) is 17.2 Å². The zero-order valence-corrected chi connectivity index (χ0v) is 15.5. The van der Waals surface area contributed by atoms with Gasteiger partial charge in [-0.05, 0) is 18.2 Å². The zero-order valence-electron chi connectivity index (χ0n) is 13.2. The number of carbonyl (C=O) groups excluding carboxylic acids is 1.